The number of amides is 1. The number of hydrogen-bond acceptors (Lipinski definition) is 5. The molecule has 27 heavy (non-hydrogen) atoms. The van der Waals surface area contributed by atoms with Crippen LogP contribution in [-0.4, -0.2) is 31.7 Å². The number of benzene rings is 2. The van der Waals surface area contributed by atoms with Crippen LogP contribution in [0.25, 0.3) is 0 Å². The van der Waals surface area contributed by atoms with Crippen LogP contribution in [0, 0.1) is 6.92 Å². The van der Waals surface area contributed by atoms with E-state index >= 15 is 0 Å². The molecule has 0 fully saturated rings. The van der Waals surface area contributed by atoms with Gasteiger partial charge in [-0.15, -0.1) is 0 Å². The van der Waals surface area contributed by atoms with Gasteiger partial charge in [-0.3, -0.25) is 4.79 Å². The van der Waals surface area contributed by atoms with Crippen molar-refractivity contribution in [2.24, 2.45) is 0 Å². The van der Waals surface area contributed by atoms with E-state index in [0.717, 1.165) is 11.1 Å². The van der Waals surface area contributed by atoms with Crippen molar-refractivity contribution >= 4 is 11.9 Å². The summed E-state index contributed by atoms with van der Waals surface area (Å²) in [6, 6.07) is 12.6. The highest BCUT2D eigenvalue weighted by atomic mass is 16.5. The van der Waals surface area contributed by atoms with Crippen molar-refractivity contribution in [1.82, 2.24) is 5.32 Å². The van der Waals surface area contributed by atoms with Crippen LogP contribution < -0.4 is 14.8 Å². The molecule has 2 aromatic rings. The average molecular weight is 371 g/mol. The molecule has 0 heterocycles. The standard InChI is InChI=1S/C21H25NO5/c1-5-26-18-11-10-17(12-19(18)25-4)21(24)27-15(3)20(23)22-13-16-8-6-14(2)7-9-16/h6-12,15H,5,13H2,1-4H3,(H,22,23)/t15-/m0/s1. The number of methoxy groups -OCH3 is 1. The molecule has 0 unspecified atom stereocenters. The molecule has 0 radical (unpaired) electrons. The third-order valence-corrected chi connectivity index (χ3v) is 3.94. The lowest BCUT2D eigenvalue weighted by atomic mass is 10.1. The minimum absolute atomic E-state index is 0.286. The summed E-state index contributed by atoms with van der Waals surface area (Å²) in [5.41, 5.74) is 2.41. The van der Waals surface area contributed by atoms with Gasteiger partial charge < -0.3 is 19.5 Å². The molecule has 144 valence electrons. The van der Waals surface area contributed by atoms with E-state index in [-0.39, 0.29) is 11.5 Å². The molecule has 6 nitrogen and oxygen atoms in total. The van der Waals surface area contributed by atoms with E-state index in [1.165, 1.54) is 20.1 Å². The van der Waals surface area contributed by atoms with Crippen LogP contribution in [-0.2, 0) is 16.1 Å². The largest absolute Gasteiger partial charge is 0.493 e. The van der Waals surface area contributed by atoms with Gasteiger partial charge in [-0.2, -0.15) is 0 Å². The Morgan fingerprint density at radius 1 is 1.07 bits per heavy atom. The maximum absolute atomic E-state index is 12.3. The van der Waals surface area contributed by atoms with E-state index in [9.17, 15) is 9.59 Å². The van der Waals surface area contributed by atoms with Gasteiger partial charge in [0.25, 0.3) is 5.91 Å². The molecule has 0 spiro atoms. The SMILES string of the molecule is CCOc1ccc(C(=O)O[C@@H](C)C(=O)NCc2ccc(C)cc2)cc1OC. The summed E-state index contributed by atoms with van der Waals surface area (Å²) < 4.78 is 15.9. The van der Waals surface area contributed by atoms with Crippen LogP contribution in [0.1, 0.15) is 35.3 Å². The number of carbonyl (C=O) groups is 2. The second-order valence-corrected chi connectivity index (χ2v) is 6.05. The van der Waals surface area contributed by atoms with Crippen LogP contribution in [0.3, 0.4) is 0 Å². The zero-order valence-electron chi connectivity index (χ0n) is 16.1. The molecular weight excluding hydrogens is 346 g/mol. The Kier molecular flexibility index (Phi) is 7.23. The number of hydrogen-bond donors (Lipinski definition) is 1. The van der Waals surface area contributed by atoms with E-state index < -0.39 is 12.1 Å². The molecule has 0 bridgehead atoms. The Bertz CT molecular complexity index is 786. The van der Waals surface area contributed by atoms with Gasteiger partial charge >= 0.3 is 5.97 Å². The molecular formula is C21H25NO5. The fourth-order valence-corrected chi connectivity index (χ4v) is 2.39. The second kappa shape index (κ2) is 9.62. The van der Waals surface area contributed by atoms with Crippen molar-refractivity contribution in [2.75, 3.05) is 13.7 Å². The average Bonchev–Trinajstić information content (AvgIpc) is 2.67. The molecule has 0 aromatic heterocycles. The molecule has 0 aliphatic carbocycles. The molecule has 1 amide bonds. The van der Waals surface area contributed by atoms with Crippen molar-refractivity contribution in [3.05, 3.63) is 59.2 Å². The van der Waals surface area contributed by atoms with Crippen molar-refractivity contribution in [3.8, 4) is 11.5 Å². The van der Waals surface area contributed by atoms with Gasteiger partial charge in [0.05, 0.1) is 19.3 Å². The van der Waals surface area contributed by atoms with E-state index in [0.29, 0.717) is 24.7 Å². The van der Waals surface area contributed by atoms with Gasteiger partial charge in [-0.05, 0) is 44.5 Å². The third-order valence-electron chi connectivity index (χ3n) is 3.94. The smallest absolute Gasteiger partial charge is 0.339 e. The molecule has 6 heteroatoms. The maximum Gasteiger partial charge on any atom is 0.339 e. The van der Waals surface area contributed by atoms with Crippen molar-refractivity contribution in [1.29, 1.82) is 0 Å². The summed E-state index contributed by atoms with van der Waals surface area (Å²) in [4.78, 5) is 24.5. The third kappa shape index (κ3) is 5.74. The molecule has 0 saturated heterocycles. The molecule has 2 aromatic carbocycles. The summed E-state index contributed by atoms with van der Waals surface area (Å²) in [7, 11) is 1.49. The number of esters is 1. The molecule has 0 aliphatic rings. The Morgan fingerprint density at radius 3 is 2.41 bits per heavy atom. The van der Waals surface area contributed by atoms with Gasteiger partial charge in [0, 0.05) is 6.54 Å². The Morgan fingerprint density at radius 2 is 1.78 bits per heavy atom. The molecule has 2 rings (SSSR count). The van der Waals surface area contributed by atoms with Gasteiger partial charge in [-0.1, -0.05) is 29.8 Å². The van der Waals surface area contributed by atoms with Crippen LogP contribution in [0.5, 0.6) is 11.5 Å². The first-order chi connectivity index (χ1) is 12.9. The quantitative estimate of drug-likeness (QED) is 0.721. The highest BCUT2D eigenvalue weighted by molar-refractivity contribution is 5.92. The molecule has 0 saturated carbocycles. The first-order valence-electron chi connectivity index (χ1n) is 8.79. The van der Waals surface area contributed by atoms with Crippen LogP contribution in [0.15, 0.2) is 42.5 Å². The Hall–Kier alpha value is -3.02. The summed E-state index contributed by atoms with van der Waals surface area (Å²) in [5.74, 6) is 0.0133. The minimum atomic E-state index is -0.916. The number of ether oxygens (including phenoxy) is 3. The van der Waals surface area contributed by atoms with Crippen molar-refractivity contribution in [2.45, 2.75) is 33.4 Å². The topological polar surface area (TPSA) is 73.9 Å². The summed E-state index contributed by atoms with van der Waals surface area (Å²) in [6.45, 7) is 6.25. The number of carbonyl (C=O) groups excluding carboxylic acids is 2. The van der Waals surface area contributed by atoms with Gasteiger partial charge in [0.1, 0.15) is 0 Å². The number of aryl methyl sites for hydroxylation is 1. The highest BCUT2D eigenvalue weighted by Gasteiger charge is 2.20. The molecule has 0 aliphatic heterocycles. The summed E-state index contributed by atoms with van der Waals surface area (Å²) in [6.07, 6.45) is -0.916. The van der Waals surface area contributed by atoms with Crippen LogP contribution in [0.4, 0.5) is 0 Å². The zero-order valence-corrected chi connectivity index (χ0v) is 16.1. The van der Waals surface area contributed by atoms with Crippen molar-refractivity contribution < 1.29 is 23.8 Å². The van der Waals surface area contributed by atoms with E-state index in [2.05, 4.69) is 5.32 Å². The lowest BCUT2D eigenvalue weighted by Gasteiger charge is -2.15. The minimum Gasteiger partial charge on any atom is -0.493 e. The van der Waals surface area contributed by atoms with E-state index in [4.69, 9.17) is 14.2 Å². The first-order valence-corrected chi connectivity index (χ1v) is 8.79. The molecule has 1 N–H and O–H groups in total. The molecule has 1 atom stereocenters. The lowest BCUT2D eigenvalue weighted by Crippen LogP contribution is -2.35. The Balaban J connectivity index is 1.93. The van der Waals surface area contributed by atoms with E-state index in [1.54, 1.807) is 12.1 Å². The number of nitrogens with one attached hydrogen (secondary N) is 1. The van der Waals surface area contributed by atoms with E-state index in [1.807, 2.05) is 38.1 Å². The highest BCUT2D eigenvalue weighted by Crippen LogP contribution is 2.28. The summed E-state index contributed by atoms with van der Waals surface area (Å²) in [5, 5.41) is 2.76. The lowest BCUT2D eigenvalue weighted by molar-refractivity contribution is -0.129. The monoisotopic (exact) mass is 371 g/mol. The van der Waals surface area contributed by atoms with Crippen LogP contribution >= 0.6 is 0 Å². The first kappa shape index (κ1) is 20.3. The second-order valence-electron chi connectivity index (χ2n) is 6.05. The predicted octanol–water partition coefficient (Wildman–Crippen LogP) is 3.26. The maximum atomic E-state index is 12.3. The van der Waals surface area contributed by atoms with Crippen LogP contribution in [0.2, 0.25) is 0 Å². The fraction of sp³-hybridized carbons (Fsp3) is 0.333. The predicted molar refractivity (Wildman–Crippen MR) is 102 cm³/mol. The van der Waals surface area contributed by atoms with Crippen molar-refractivity contribution in [3.63, 3.8) is 0 Å². The van der Waals surface area contributed by atoms with Gasteiger partial charge in [0.2, 0.25) is 0 Å². The Labute approximate surface area is 159 Å². The normalized spacial score (nSPS) is 11.4. The fourth-order valence-electron chi connectivity index (χ4n) is 2.39. The zero-order chi connectivity index (χ0) is 19.8. The van der Waals surface area contributed by atoms with Gasteiger partial charge in [-0.25, -0.2) is 4.79 Å². The van der Waals surface area contributed by atoms with Gasteiger partial charge in [0.15, 0.2) is 17.6 Å². The number of rotatable bonds is 8. The summed E-state index contributed by atoms with van der Waals surface area (Å²) >= 11 is 0.